The van der Waals surface area contributed by atoms with Crippen LogP contribution in [0.25, 0.3) is 0 Å². The molecule has 30 heteroatoms. The quantitative estimate of drug-likeness (QED) is 0.139. The molecule has 6 rings (SSSR count). The zero-order chi connectivity index (χ0) is 76.0. The summed E-state index contributed by atoms with van der Waals surface area (Å²) in [4.78, 5) is 191. The fourth-order valence-corrected chi connectivity index (χ4v) is 16.3. The number of carbonyl (C=O) groups excluding carboxylic acids is 12. The van der Waals surface area contributed by atoms with E-state index < -0.39 is 180 Å². The van der Waals surface area contributed by atoms with Gasteiger partial charge in [-0.05, 0) is 133 Å². The molecule has 0 radical (unpaired) electrons. The van der Waals surface area contributed by atoms with Crippen LogP contribution in [0.1, 0.15) is 176 Å². The van der Waals surface area contributed by atoms with Crippen LogP contribution in [0, 0.1) is 29.6 Å². The van der Waals surface area contributed by atoms with Crippen molar-refractivity contribution in [3.05, 3.63) is 12.2 Å². The molecule has 0 aromatic heterocycles. The van der Waals surface area contributed by atoms with E-state index in [1.54, 1.807) is 39.8 Å². The minimum absolute atomic E-state index is 0.0000139. The molecular weight excluding hydrogens is 1370 g/mol. The highest BCUT2D eigenvalue weighted by atomic mass is 35.5. The van der Waals surface area contributed by atoms with Gasteiger partial charge in [-0.2, -0.15) is 13.2 Å². The van der Waals surface area contributed by atoms with Gasteiger partial charge < -0.3 is 64.8 Å². The van der Waals surface area contributed by atoms with E-state index in [1.165, 1.54) is 80.9 Å². The predicted molar refractivity (Wildman–Crippen MR) is 379 cm³/mol. The topological polar surface area (TPSA) is 279 Å². The molecule has 3 saturated carbocycles. The fraction of sp³-hybridized carbons (Fsp3) is 0.806. The normalized spacial score (nSPS) is 31.3. The first-order valence-corrected chi connectivity index (χ1v) is 37.8. The number of halogens is 5. The van der Waals surface area contributed by atoms with Gasteiger partial charge in [-0.1, -0.05) is 66.0 Å². The number of hydrogen-bond donors (Lipinski definition) is 3. The van der Waals surface area contributed by atoms with Crippen LogP contribution in [0.4, 0.5) is 13.2 Å². The molecule has 3 aliphatic carbocycles. The number of hydrogen-bond acceptors (Lipinski definition) is 13. The van der Waals surface area contributed by atoms with Crippen molar-refractivity contribution in [2.75, 3.05) is 89.2 Å². The number of alkyl halides is 5. The third-order valence-corrected chi connectivity index (χ3v) is 23.9. The molecule has 25 nitrogen and oxygen atoms in total. The maximum absolute atomic E-state index is 15.5. The molecule has 0 aromatic carbocycles. The summed E-state index contributed by atoms with van der Waals surface area (Å²) in [5.41, 5.74) is -1.57. The van der Waals surface area contributed by atoms with Crippen LogP contribution in [-0.2, 0) is 62.3 Å². The minimum atomic E-state index is -4.44. The van der Waals surface area contributed by atoms with E-state index in [9.17, 15) is 41.9 Å². The average Bonchev–Trinajstić information content (AvgIpc) is 1.13. The van der Waals surface area contributed by atoms with Gasteiger partial charge in [0.15, 0.2) is 0 Å². The zero-order valence-corrected chi connectivity index (χ0v) is 64.0. The van der Waals surface area contributed by atoms with Crippen LogP contribution < -0.4 is 16.0 Å². The van der Waals surface area contributed by atoms with Crippen molar-refractivity contribution in [3.8, 4) is 0 Å². The van der Waals surface area contributed by atoms with Gasteiger partial charge in [-0.15, -0.1) is 23.2 Å². The summed E-state index contributed by atoms with van der Waals surface area (Å²) in [5, 5.41) is 8.11. The van der Waals surface area contributed by atoms with Gasteiger partial charge in [0.1, 0.15) is 53.9 Å². The lowest BCUT2D eigenvalue weighted by atomic mass is 9.74. The number of carbonyl (C=O) groups is 12. The van der Waals surface area contributed by atoms with E-state index in [1.807, 2.05) is 13.8 Å². The molecule has 12 amide bonds. The maximum Gasteiger partial charge on any atom is 0.391 e. The van der Waals surface area contributed by atoms with Crippen LogP contribution in [-0.4, -0.2) is 281 Å². The van der Waals surface area contributed by atoms with E-state index in [2.05, 4.69) is 16.0 Å². The van der Waals surface area contributed by atoms with Crippen LogP contribution in [0.15, 0.2) is 12.2 Å². The van der Waals surface area contributed by atoms with E-state index in [0.717, 1.165) is 19.6 Å². The average molecular weight is 1480 g/mol. The molecule has 0 aromatic rings. The molecule has 1 spiro atoms. The lowest BCUT2D eigenvalue weighted by Gasteiger charge is -2.47. The number of nitrogens with one attached hydrogen (secondary N) is 3. The summed E-state index contributed by atoms with van der Waals surface area (Å²) < 4.78 is 48.4. The SMILES string of the molecule is CCO[C@@H]1C[C@H]2C(=O)NC3(CCC3)C(=O)N(C)[C@@H](C(CC)CC)C(=O)N(C)[C@H](C(=O)N(C)C)CC(=O)N(C)[C@@H](CC)C(=O)N[C@@H]([C@@H](C)CC)C(=O)N(C)CC(=O)N(C)[C@H]3C/C=C\CCN(C3=O)[C@@H](CC3CCC(C(F)(F)F)CC3)C(=O)N(C)CC(=O)N[C@@H](CCC3CCC(Cl)C(Cl)C3)C(=O)N2C1. The van der Waals surface area contributed by atoms with Crippen molar-refractivity contribution in [1.82, 2.24) is 60.0 Å². The Bertz CT molecular complexity index is 3010. The van der Waals surface area contributed by atoms with Gasteiger partial charge in [0, 0.05) is 87.9 Å². The van der Waals surface area contributed by atoms with Crippen LogP contribution in [0.5, 0.6) is 0 Å². The maximum atomic E-state index is 15.5. The lowest BCUT2D eigenvalue weighted by Crippen LogP contribution is -2.68. The van der Waals surface area contributed by atoms with E-state index in [-0.39, 0.29) is 113 Å². The Morgan fingerprint density at radius 1 is 0.667 bits per heavy atom. The third-order valence-electron chi connectivity index (χ3n) is 22.8. The number of likely N-dealkylation sites (N-methyl/N-ethyl adjacent to an activating group) is 7. The second-order valence-electron chi connectivity index (χ2n) is 29.7. The summed E-state index contributed by atoms with van der Waals surface area (Å²) in [6.07, 6.45) is 1.90. The first-order chi connectivity index (χ1) is 48.0. The van der Waals surface area contributed by atoms with Crippen LogP contribution in [0.3, 0.4) is 0 Å². The van der Waals surface area contributed by atoms with Crippen molar-refractivity contribution in [2.45, 2.75) is 253 Å². The third kappa shape index (κ3) is 20.6. The molecule has 2 saturated heterocycles. The number of fused-ring (bicyclic) bond motifs is 3. The van der Waals surface area contributed by atoms with Gasteiger partial charge in [0.2, 0.25) is 70.9 Å². The van der Waals surface area contributed by atoms with Crippen molar-refractivity contribution < 1.29 is 75.4 Å². The summed E-state index contributed by atoms with van der Waals surface area (Å²) in [7, 11) is 11.2. The molecule has 102 heavy (non-hydrogen) atoms. The zero-order valence-electron chi connectivity index (χ0n) is 62.5. The Labute approximate surface area is 611 Å². The fourth-order valence-electron chi connectivity index (χ4n) is 15.7. The van der Waals surface area contributed by atoms with Crippen molar-refractivity contribution >= 4 is 94.1 Å². The Balaban J connectivity index is 1.46. The van der Waals surface area contributed by atoms with Crippen LogP contribution in [0.2, 0.25) is 0 Å². The molecule has 2 bridgehead atoms. The second-order valence-corrected chi connectivity index (χ2v) is 30.9. The van der Waals surface area contributed by atoms with E-state index in [4.69, 9.17) is 27.9 Å². The van der Waals surface area contributed by atoms with Gasteiger partial charge in [0.25, 0.3) is 0 Å². The summed E-state index contributed by atoms with van der Waals surface area (Å²) in [6, 6.07) is -10.4. The molecule has 3 heterocycles. The first-order valence-electron chi connectivity index (χ1n) is 36.9. The summed E-state index contributed by atoms with van der Waals surface area (Å²) in [5.74, 6) is -11.3. The molecule has 3 unspecified atom stereocenters. The number of nitrogens with zero attached hydrogens (tertiary/aromatic N) is 9. The molecule has 3 aliphatic heterocycles. The predicted octanol–water partition coefficient (Wildman–Crippen LogP) is 5.71. The molecule has 6 aliphatic rings. The van der Waals surface area contributed by atoms with Crippen molar-refractivity contribution in [1.29, 1.82) is 0 Å². The first kappa shape index (κ1) is 84.6. The Morgan fingerprint density at radius 2 is 1.30 bits per heavy atom. The molecular formula is C72H115Cl2F3N12O13. The van der Waals surface area contributed by atoms with Crippen molar-refractivity contribution in [3.63, 3.8) is 0 Å². The standard InChI is InChI=1S/C72H115Cl2F3N12O13/c1-15-43(6)60-68(99)83(10)42-59(92)85(12)53-24-21-20-22-35-88(67(53)98)56(37-45-25-29-47(30-26-45)72(75,76)77)66(97)82(9)41-57(90)78-51(32-28-44-27-31-49(73)50(74)36-44)64(95)89-40-48(102-19-5)38-54(89)63(94)80-71(33-23-34-71)70(101)87(14)61(46(16-2)17-3)69(100)86(13)55(65(96)81(7)8)39-58(91)84(11)52(18-4)62(93)79-60/h20-21,43-56,60-61H,15-19,22-42H2,1-14H3,(H,78,90)(H,79,93)(H,80,94)/b21-20-/t43-,44?,45?,47?,48+,49?,50?,51-,52-,53-,54-,55-,56-,60-,61-/m0/s1. The Morgan fingerprint density at radius 3 is 1.87 bits per heavy atom. The van der Waals surface area contributed by atoms with Crippen molar-refractivity contribution in [2.24, 2.45) is 29.6 Å². The largest absolute Gasteiger partial charge is 0.391 e. The highest BCUT2D eigenvalue weighted by Gasteiger charge is 2.54. The smallest absolute Gasteiger partial charge is 0.377 e. The number of ether oxygens (including phenoxy) is 1. The molecule has 13 atom stereocenters. The van der Waals surface area contributed by atoms with Gasteiger partial charge >= 0.3 is 6.18 Å². The highest BCUT2D eigenvalue weighted by molar-refractivity contribution is 6.30. The number of rotatable bonds is 14. The summed E-state index contributed by atoms with van der Waals surface area (Å²) >= 11 is 13.3. The van der Waals surface area contributed by atoms with Crippen LogP contribution >= 0.6 is 23.2 Å². The van der Waals surface area contributed by atoms with E-state index >= 15 is 28.8 Å². The molecule has 5 fully saturated rings. The number of amides is 12. The highest BCUT2D eigenvalue weighted by Crippen LogP contribution is 2.42. The van der Waals surface area contributed by atoms with Gasteiger partial charge in [-0.3, -0.25) is 57.5 Å². The van der Waals surface area contributed by atoms with Gasteiger partial charge in [-0.25, -0.2) is 0 Å². The Hall–Kier alpha value is -6.29. The molecule has 576 valence electrons. The Kier molecular flexibility index (Phi) is 31.2. The molecule has 3 N–H and O–H groups in total. The second kappa shape index (κ2) is 37.6. The lowest BCUT2D eigenvalue weighted by molar-refractivity contribution is -0.184. The monoisotopic (exact) mass is 1480 g/mol. The minimum Gasteiger partial charge on any atom is -0.377 e. The van der Waals surface area contributed by atoms with E-state index in [0.29, 0.717) is 51.4 Å². The summed E-state index contributed by atoms with van der Waals surface area (Å²) in [6.45, 7) is 9.47. The van der Waals surface area contributed by atoms with Gasteiger partial charge in [0.05, 0.1) is 36.9 Å².